The van der Waals surface area contributed by atoms with Gasteiger partial charge in [-0.25, -0.2) is 14.2 Å². The number of amidine groups is 1. The van der Waals surface area contributed by atoms with Crippen LogP contribution in [-0.2, 0) is 14.3 Å². The smallest absolute Gasteiger partial charge is 0.335 e. The molecule has 5 rings (SSSR count). The Bertz CT molecular complexity index is 1220. The van der Waals surface area contributed by atoms with Gasteiger partial charge in [0.1, 0.15) is 11.9 Å². The van der Waals surface area contributed by atoms with Crippen LogP contribution in [-0.4, -0.2) is 70.6 Å². The number of aliphatic imine (C=N–C) groups is 1. The fourth-order valence-corrected chi connectivity index (χ4v) is 6.06. The summed E-state index contributed by atoms with van der Waals surface area (Å²) in [5.41, 5.74) is 0.922. The third-order valence-electron chi connectivity index (χ3n) is 6.67. The monoisotopic (exact) mass is 533 g/mol. The number of hydrogen-bond donors (Lipinski definition) is 3. The molecule has 2 bridgehead atoms. The normalized spacial score (nSPS) is 26.2. The highest BCUT2D eigenvalue weighted by Gasteiger charge is 2.41. The lowest BCUT2D eigenvalue weighted by molar-refractivity contribution is -0.133. The molecule has 3 aliphatic heterocycles. The minimum Gasteiger partial charge on any atom is -0.478 e. The molecule has 3 aliphatic rings. The predicted octanol–water partition coefficient (Wildman–Crippen LogP) is 2.73. The quantitative estimate of drug-likeness (QED) is 0.523. The third-order valence-corrected chi connectivity index (χ3v) is 7.78. The number of fused-ring (bicyclic) bond motifs is 2. The molecule has 3 N–H and O–H groups in total. The minimum atomic E-state index is -1.14. The van der Waals surface area contributed by atoms with E-state index in [1.54, 1.807) is 6.20 Å². The summed E-state index contributed by atoms with van der Waals surface area (Å²) < 4.78 is 19.6. The van der Waals surface area contributed by atoms with E-state index in [2.05, 4.69) is 25.5 Å². The zero-order valence-corrected chi connectivity index (χ0v) is 21.0. The van der Waals surface area contributed by atoms with Gasteiger partial charge in [-0.15, -0.1) is 11.3 Å². The number of nitrogens with one attached hydrogen (secondary N) is 2. The van der Waals surface area contributed by atoms with Gasteiger partial charge in [0.25, 0.3) is 0 Å². The number of aliphatic carboxylic acids is 1. The van der Waals surface area contributed by atoms with Crippen LogP contribution in [0.25, 0.3) is 0 Å². The average molecular weight is 534 g/mol. The molecule has 36 heavy (non-hydrogen) atoms. The zero-order chi connectivity index (χ0) is 25.4. The second kappa shape index (κ2) is 10.3. The first kappa shape index (κ1) is 24.8. The number of aromatic nitrogens is 1. The van der Waals surface area contributed by atoms with Gasteiger partial charge in [0.15, 0.2) is 10.8 Å². The van der Waals surface area contributed by atoms with Crippen LogP contribution in [0.4, 0.5) is 4.39 Å². The van der Waals surface area contributed by atoms with Crippen molar-refractivity contribution in [3.05, 3.63) is 62.5 Å². The maximum absolute atomic E-state index is 13.8. The van der Waals surface area contributed by atoms with Crippen molar-refractivity contribution >= 4 is 40.6 Å². The fraction of sp³-hybridized carbons (Fsp3) is 0.417. The largest absolute Gasteiger partial charge is 0.478 e. The molecule has 4 atom stereocenters. The number of hydrogen-bond acceptors (Lipinski definition) is 8. The number of piperidine rings is 1. The Morgan fingerprint density at radius 3 is 2.69 bits per heavy atom. The Morgan fingerprint density at radius 2 is 2.08 bits per heavy atom. The number of nitrogens with zero attached hydrogens (tertiary/aromatic N) is 3. The second-order valence-corrected chi connectivity index (χ2v) is 10.4. The molecule has 0 saturated carbocycles. The molecular formula is C24H25ClFN5O4S. The van der Waals surface area contributed by atoms with E-state index in [-0.39, 0.29) is 34.6 Å². The van der Waals surface area contributed by atoms with Crippen LogP contribution in [0.15, 0.2) is 46.0 Å². The summed E-state index contributed by atoms with van der Waals surface area (Å²) in [5.74, 6) is -1.29. The number of carbonyl (C=O) groups is 2. The van der Waals surface area contributed by atoms with E-state index in [1.807, 2.05) is 5.38 Å². The number of carboxylic acid groups (broad SMARTS) is 1. The molecule has 2 aromatic rings. The van der Waals surface area contributed by atoms with Crippen LogP contribution in [0.1, 0.15) is 36.4 Å². The Labute approximate surface area is 216 Å². The van der Waals surface area contributed by atoms with Gasteiger partial charge in [-0.05, 0) is 25.0 Å². The van der Waals surface area contributed by atoms with Crippen LogP contribution in [0.3, 0.4) is 0 Å². The van der Waals surface area contributed by atoms with Gasteiger partial charge >= 0.3 is 5.97 Å². The number of amides is 1. The van der Waals surface area contributed by atoms with Crippen molar-refractivity contribution in [1.29, 1.82) is 0 Å². The molecule has 9 nitrogen and oxygen atoms in total. The maximum atomic E-state index is 13.8. The predicted molar refractivity (Wildman–Crippen MR) is 133 cm³/mol. The van der Waals surface area contributed by atoms with E-state index in [0.29, 0.717) is 54.7 Å². The molecule has 2 saturated heterocycles. The van der Waals surface area contributed by atoms with Gasteiger partial charge in [0.2, 0.25) is 5.91 Å². The lowest BCUT2D eigenvalue weighted by atomic mass is 9.88. The minimum absolute atomic E-state index is 0.00809. The first-order valence-corrected chi connectivity index (χ1v) is 12.8. The van der Waals surface area contributed by atoms with E-state index in [9.17, 15) is 19.1 Å². The lowest BCUT2D eigenvalue weighted by Crippen LogP contribution is -2.61. The molecule has 12 heteroatoms. The van der Waals surface area contributed by atoms with E-state index in [1.165, 1.54) is 30.4 Å². The number of thiazole rings is 1. The molecule has 0 unspecified atom stereocenters. The first-order valence-electron chi connectivity index (χ1n) is 11.6. The molecule has 0 radical (unpaired) electrons. The van der Waals surface area contributed by atoms with Crippen molar-refractivity contribution in [2.45, 2.75) is 43.9 Å². The van der Waals surface area contributed by atoms with Crippen molar-refractivity contribution in [2.24, 2.45) is 4.99 Å². The van der Waals surface area contributed by atoms with Gasteiger partial charge in [0, 0.05) is 59.5 Å². The Kier molecular flexibility index (Phi) is 7.07. The molecule has 1 aromatic carbocycles. The average Bonchev–Trinajstić information content (AvgIpc) is 3.33. The Balaban J connectivity index is 1.53. The standard InChI is InChI=1S/C24H25ClFN5O4S/c1-12(32)28-14-7-15-10-35-11-16(8-14)31(15)9-19-20(24(33)34)21(17-3-2-13(26)6-18(17)25)30-22(29-19)23-27-4-5-36-23/h2-6,14-16,21H,7-11H2,1H3,(H,28,32)(H,29,30)(H,33,34)/t14-,15+,16-,21-/m0/s1. The fourth-order valence-electron chi connectivity index (χ4n) is 5.21. The second-order valence-electron chi connectivity index (χ2n) is 9.09. The Morgan fingerprint density at radius 1 is 1.33 bits per heavy atom. The number of benzene rings is 1. The summed E-state index contributed by atoms with van der Waals surface area (Å²) in [6, 6.07) is 2.99. The molecule has 0 aliphatic carbocycles. The number of halogens is 2. The Hall–Kier alpha value is -2.86. The van der Waals surface area contributed by atoms with Crippen molar-refractivity contribution in [3.8, 4) is 0 Å². The number of carbonyl (C=O) groups excluding carboxylic acids is 1. The summed E-state index contributed by atoms with van der Waals surface area (Å²) in [6.45, 7) is 2.80. The van der Waals surface area contributed by atoms with Crippen LogP contribution < -0.4 is 10.6 Å². The van der Waals surface area contributed by atoms with Crippen molar-refractivity contribution in [1.82, 2.24) is 20.5 Å². The highest BCUT2D eigenvalue weighted by atomic mass is 35.5. The van der Waals surface area contributed by atoms with E-state index in [0.717, 1.165) is 6.07 Å². The summed E-state index contributed by atoms with van der Waals surface area (Å²) in [7, 11) is 0. The number of morpholine rings is 1. The highest BCUT2D eigenvalue weighted by molar-refractivity contribution is 7.11. The molecule has 0 spiro atoms. The SMILES string of the molecule is CC(=O)N[C@@H]1C[C@H]2COC[C@@H](C1)N2CC1=C(C(=O)O)[C@H](c2ccc(F)cc2Cl)N=C(c2nccs2)N1. The van der Waals surface area contributed by atoms with Gasteiger partial charge in [-0.3, -0.25) is 14.7 Å². The van der Waals surface area contributed by atoms with Gasteiger partial charge in [-0.1, -0.05) is 17.7 Å². The molecule has 4 heterocycles. The van der Waals surface area contributed by atoms with E-state index < -0.39 is 17.8 Å². The molecular weight excluding hydrogens is 509 g/mol. The molecule has 1 amide bonds. The zero-order valence-electron chi connectivity index (χ0n) is 19.4. The number of carboxylic acids is 1. The van der Waals surface area contributed by atoms with Crippen molar-refractivity contribution < 1.29 is 23.8 Å². The van der Waals surface area contributed by atoms with Crippen LogP contribution in [0.2, 0.25) is 5.02 Å². The number of rotatable bonds is 6. The summed E-state index contributed by atoms with van der Waals surface area (Å²) in [4.78, 5) is 35.5. The summed E-state index contributed by atoms with van der Waals surface area (Å²) in [5, 5.41) is 19.0. The summed E-state index contributed by atoms with van der Waals surface area (Å²) >= 11 is 7.73. The van der Waals surface area contributed by atoms with Gasteiger partial charge in [-0.2, -0.15) is 0 Å². The first-order chi connectivity index (χ1) is 17.3. The van der Waals surface area contributed by atoms with Gasteiger partial charge < -0.3 is 20.5 Å². The van der Waals surface area contributed by atoms with Gasteiger partial charge in [0.05, 0.1) is 18.8 Å². The van der Waals surface area contributed by atoms with E-state index >= 15 is 0 Å². The van der Waals surface area contributed by atoms with Crippen LogP contribution in [0.5, 0.6) is 0 Å². The van der Waals surface area contributed by atoms with Crippen molar-refractivity contribution in [2.75, 3.05) is 19.8 Å². The van der Waals surface area contributed by atoms with Crippen molar-refractivity contribution in [3.63, 3.8) is 0 Å². The maximum Gasteiger partial charge on any atom is 0.335 e. The molecule has 190 valence electrons. The van der Waals surface area contributed by atoms with E-state index in [4.69, 9.17) is 16.3 Å². The topological polar surface area (TPSA) is 116 Å². The highest BCUT2D eigenvalue weighted by Crippen LogP contribution is 2.37. The third kappa shape index (κ3) is 5.01. The lowest BCUT2D eigenvalue weighted by Gasteiger charge is -2.49. The summed E-state index contributed by atoms with van der Waals surface area (Å²) in [6.07, 6.45) is 3.05. The van der Waals surface area contributed by atoms with Crippen LogP contribution >= 0.6 is 22.9 Å². The number of ether oxygens (including phenoxy) is 1. The van der Waals surface area contributed by atoms with Crippen LogP contribution in [0, 0.1) is 5.82 Å². The molecule has 2 fully saturated rings. The molecule has 1 aromatic heterocycles.